The molecule has 0 radical (unpaired) electrons. The van der Waals surface area contributed by atoms with E-state index in [0.717, 1.165) is 22.5 Å². The van der Waals surface area contributed by atoms with Crippen LogP contribution in [0.5, 0.6) is 0 Å². The van der Waals surface area contributed by atoms with Gasteiger partial charge in [0.2, 0.25) is 0 Å². The molecule has 2 atom stereocenters. The monoisotopic (exact) mass is 297 g/mol. The fourth-order valence-electron chi connectivity index (χ4n) is 3.40. The largest absolute Gasteiger partial charge is 0.374 e. The molecule has 23 heavy (non-hydrogen) atoms. The van der Waals surface area contributed by atoms with E-state index < -0.39 is 5.41 Å². The fourth-order valence-corrected chi connectivity index (χ4v) is 3.40. The SMILES string of the molecule is N#C[C@@]1(c2ccccc2)c2ncccc2N[C@@H]1c1ccccc1. The molecule has 3 nitrogen and oxygen atoms in total. The van der Waals surface area contributed by atoms with E-state index >= 15 is 0 Å². The maximum Gasteiger partial charge on any atom is 0.150 e. The molecule has 0 saturated heterocycles. The Kier molecular flexibility index (Phi) is 3.09. The van der Waals surface area contributed by atoms with Crippen LogP contribution in [-0.2, 0) is 5.41 Å². The molecule has 0 fully saturated rings. The maximum absolute atomic E-state index is 10.2. The summed E-state index contributed by atoms with van der Waals surface area (Å²) in [4.78, 5) is 4.55. The highest BCUT2D eigenvalue weighted by atomic mass is 15.0. The normalized spacial score (nSPS) is 22.0. The number of nitrogens with one attached hydrogen (secondary N) is 1. The highest BCUT2D eigenvalue weighted by Crippen LogP contribution is 2.51. The summed E-state index contributed by atoms with van der Waals surface area (Å²) < 4.78 is 0. The van der Waals surface area contributed by atoms with Crippen molar-refractivity contribution < 1.29 is 0 Å². The Hall–Kier alpha value is -3.12. The first-order chi connectivity index (χ1) is 11.4. The number of benzene rings is 2. The second kappa shape index (κ2) is 5.26. The molecule has 0 saturated carbocycles. The first kappa shape index (κ1) is 13.5. The van der Waals surface area contributed by atoms with Crippen molar-refractivity contribution in [2.45, 2.75) is 11.5 Å². The van der Waals surface area contributed by atoms with Gasteiger partial charge in [-0.2, -0.15) is 5.26 Å². The van der Waals surface area contributed by atoms with Gasteiger partial charge in [-0.15, -0.1) is 0 Å². The Bertz CT molecular complexity index is 868. The van der Waals surface area contributed by atoms with Crippen molar-refractivity contribution in [3.63, 3.8) is 0 Å². The summed E-state index contributed by atoms with van der Waals surface area (Å²) >= 11 is 0. The minimum atomic E-state index is -0.834. The molecule has 2 aromatic carbocycles. The first-order valence-electron chi connectivity index (χ1n) is 7.60. The molecule has 0 unspecified atom stereocenters. The molecular formula is C20H15N3. The maximum atomic E-state index is 10.2. The van der Waals surface area contributed by atoms with Gasteiger partial charge in [0.05, 0.1) is 23.5 Å². The molecule has 0 aliphatic carbocycles. The van der Waals surface area contributed by atoms with Gasteiger partial charge in [-0.3, -0.25) is 4.98 Å². The zero-order chi connectivity index (χ0) is 15.7. The predicted molar refractivity (Wildman–Crippen MR) is 89.9 cm³/mol. The molecule has 0 amide bonds. The van der Waals surface area contributed by atoms with Crippen LogP contribution in [0.15, 0.2) is 79.0 Å². The number of aromatic nitrogens is 1. The van der Waals surface area contributed by atoms with Gasteiger partial charge in [-0.05, 0) is 23.3 Å². The second-order valence-corrected chi connectivity index (χ2v) is 5.67. The van der Waals surface area contributed by atoms with Crippen LogP contribution in [0.4, 0.5) is 5.69 Å². The summed E-state index contributed by atoms with van der Waals surface area (Å²) in [5.74, 6) is 0. The summed E-state index contributed by atoms with van der Waals surface area (Å²) in [5.41, 5.74) is 2.92. The Morgan fingerprint density at radius 3 is 2.30 bits per heavy atom. The van der Waals surface area contributed by atoms with Gasteiger partial charge < -0.3 is 5.32 Å². The summed E-state index contributed by atoms with van der Waals surface area (Å²) in [7, 11) is 0. The summed E-state index contributed by atoms with van der Waals surface area (Å²) in [6, 6.07) is 26.3. The van der Waals surface area contributed by atoms with E-state index in [1.807, 2.05) is 60.7 Å². The summed E-state index contributed by atoms with van der Waals surface area (Å²) in [6.07, 6.45) is 1.75. The van der Waals surface area contributed by atoms with E-state index in [2.05, 4.69) is 28.5 Å². The third-order valence-electron chi connectivity index (χ3n) is 4.45. The fraction of sp³-hybridized carbons (Fsp3) is 0.100. The second-order valence-electron chi connectivity index (χ2n) is 5.67. The quantitative estimate of drug-likeness (QED) is 0.776. The van der Waals surface area contributed by atoms with Crippen molar-refractivity contribution >= 4 is 5.69 Å². The van der Waals surface area contributed by atoms with Crippen LogP contribution in [0, 0.1) is 11.3 Å². The van der Waals surface area contributed by atoms with Gasteiger partial charge in [0, 0.05) is 6.20 Å². The lowest BCUT2D eigenvalue weighted by Gasteiger charge is -2.29. The molecule has 4 rings (SSSR count). The number of hydrogen-bond acceptors (Lipinski definition) is 3. The molecule has 1 aliphatic rings. The van der Waals surface area contributed by atoms with Gasteiger partial charge in [-0.1, -0.05) is 60.7 Å². The summed E-state index contributed by atoms with van der Waals surface area (Å²) in [5, 5.41) is 13.7. The van der Waals surface area contributed by atoms with E-state index in [4.69, 9.17) is 0 Å². The van der Waals surface area contributed by atoms with E-state index in [9.17, 15) is 5.26 Å². The van der Waals surface area contributed by atoms with Crippen molar-refractivity contribution in [1.29, 1.82) is 5.26 Å². The van der Waals surface area contributed by atoms with Crippen LogP contribution in [0.2, 0.25) is 0 Å². The lowest BCUT2D eigenvalue weighted by molar-refractivity contribution is 0.574. The van der Waals surface area contributed by atoms with E-state index in [1.165, 1.54) is 0 Å². The van der Waals surface area contributed by atoms with Gasteiger partial charge in [0.1, 0.15) is 0 Å². The van der Waals surface area contributed by atoms with Crippen molar-refractivity contribution in [3.8, 4) is 6.07 Å². The number of pyridine rings is 1. The van der Waals surface area contributed by atoms with E-state index in [-0.39, 0.29) is 6.04 Å². The summed E-state index contributed by atoms with van der Waals surface area (Å²) in [6.45, 7) is 0. The molecule has 3 aromatic rings. The minimum Gasteiger partial charge on any atom is -0.374 e. The number of rotatable bonds is 2. The third-order valence-corrected chi connectivity index (χ3v) is 4.45. The molecule has 3 heteroatoms. The van der Waals surface area contributed by atoms with Crippen LogP contribution in [-0.4, -0.2) is 4.98 Å². The molecule has 2 heterocycles. The Morgan fingerprint density at radius 2 is 1.61 bits per heavy atom. The van der Waals surface area contributed by atoms with E-state index in [0.29, 0.717) is 0 Å². The van der Waals surface area contributed by atoms with Gasteiger partial charge in [0.15, 0.2) is 5.41 Å². The van der Waals surface area contributed by atoms with Crippen molar-refractivity contribution in [2.24, 2.45) is 0 Å². The predicted octanol–water partition coefficient (Wildman–Crippen LogP) is 4.06. The topological polar surface area (TPSA) is 48.7 Å². The first-order valence-corrected chi connectivity index (χ1v) is 7.60. The zero-order valence-corrected chi connectivity index (χ0v) is 12.5. The third kappa shape index (κ3) is 1.92. The van der Waals surface area contributed by atoms with Crippen LogP contribution < -0.4 is 5.32 Å². The molecular weight excluding hydrogens is 282 g/mol. The number of hydrogen-bond donors (Lipinski definition) is 1. The van der Waals surface area contributed by atoms with Crippen LogP contribution in [0.3, 0.4) is 0 Å². The van der Waals surface area contributed by atoms with Crippen LogP contribution in [0.1, 0.15) is 22.9 Å². The number of nitriles is 1. The van der Waals surface area contributed by atoms with Crippen molar-refractivity contribution in [2.75, 3.05) is 5.32 Å². The lowest BCUT2D eigenvalue weighted by Crippen LogP contribution is -2.32. The van der Waals surface area contributed by atoms with Crippen molar-refractivity contribution in [1.82, 2.24) is 4.98 Å². The number of fused-ring (bicyclic) bond motifs is 1. The van der Waals surface area contributed by atoms with Crippen LogP contribution in [0.25, 0.3) is 0 Å². The molecule has 1 aliphatic heterocycles. The van der Waals surface area contributed by atoms with Crippen LogP contribution >= 0.6 is 0 Å². The number of nitrogens with zero attached hydrogens (tertiary/aromatic N) is 2. The average Bonchev–Trinajstić information content (AvgIpc) is 2.98. The molecule has 0 bridgehead atoms. The Balaban J connectivity index is 2.00. The van der Waals surface area contributed by atoms with Gasteiger partial charge >= 0.3 is 0 Å². The van der Waals surface area contributed by atoms with E-state index in [1.54, 1.807) is 6.20 Å². The number of anilines is 1. The minimum absolute atomic E-state index is 0.166. The smallest absolute Gasteiger partial charge is 0.150 e. The van der Waals surface area contributed by atoms with Gasteiger partial charge in [0.25, 0.3) is 0 Å². The Labute approximate surface area is 135 Å². The standard InChI is InChI=1S/C20H15N3/c21-14-20(16-10-5-2-6-11-16)18(15-8-3-1-4-9-15)23-17-12-7-13-22-19(17)20/h1-13,18,23H/t18-,20+/m1/s1. The Morgan fingerprint density at radius 1 is 0.913 bits per heavy atom. The van der Waals surface area contributed by atoms with Gasteiger partial charge in [-0.25, -0.2) is 0 Å². The molecule has 110 valence electrons. The van der Waals surface area contributed by atoms with Crippen molar-refractivity contribution in [3.05, 3.63) is 95.8 Å². The molecule has 0 spiro atoms. The average molecular weight is 297 g/mol. The highest BCUT2D eigenvalue weighted by Gasteiger charge is 2.50. The molecule has 1 N–H and O–H groups in total. The zero-order valence-electron chi connectivity index (χ0n) is 12.5. The lowest BCUT2D eigenvalue weighted by atomic mass is 9.72. The molecule has 1 aromatic heterocycles. The highest BCUT2D eigenvalue weighted by molar-refractivity contribution is 5.68.